The van der Waals surface area contributed by atoms with E-state index < -0.39 is 0 Å². The van der Waals surface area contributed by atoms with E-state index in [1.54, 1.807) is 4.90 Å². The largest absolute Gasteiger partial charge is 0.338 e. The maximum absolute atomic E-state index is 11.8. The zero-order valence-electron chi connectivity index (χ0n) is 11.5. The van der Waals surface area contributed by atoms with Crippen molar-refractivity contribution in [3.05, 3.63) is 0 Å². The molecule has 1 aliphatic rings. The number of piperazine rings is 1. The van der Waals surface area contributed by atoms with Crippen LogP contribution < -0.4 is 10.6 Å². The van der Waals surface area contributed by atoms with Gasteiger partial charge in [-0.2, -0.15) is 0 Å². The van der Waals surface area contributed by atoms with Gasteiger partial charge in [0.25, 0.3) is 0 Å². The lowest BCUT2D eigenvalue weighted by Gasteiger charge is -2.34. The van der Waals surface area contributed by atoms with Gasteiger partial charge in [0.2, 0.25) is 5.91 Å². The molecule has 0 aliphatic carbocycles. The molecule has 1 saturated heterocycles. The second-order valence-electron chi connectivity index (χ2n) is 4.74. The quantitative estimate of drug-likeness (QED) is 0.736. The van der Waals surface area contributed by atoms with Gasteiger partial charge in [-0.05, 0) is 6.92 Å². The molecule has 1 aliphatic heterocycles. The van der Waals surface area contributed by atoms with E-state index in [9.17, 15) is 9.59 Å². The SMILES string of the molecule is CCNC(=O)N1CCN(C(=O)CNC(C)C)CC1. The highest BCUT2D eigenvalue weighted by molar-refractivity contribution is 5.79. The van der Waals surface area contributed by atoms with E-state index >= 15 is 0 Å². The molecule has 0 aromatic heterocycles. The van der Waals surface area contributed by atoms with E-state index in [-0.39, 0.29) is 11.9 Å². The van der Waals surface area contributed by atoms with Gasteiger partial charge in [0, 0.05) is 38.8 Å². The molecule has 2 N–H and O–H groups in total. The van der Waals surface area contributed by atoms with Gasteiger partial charge in [-0.25, -0.2) is 4.79 Å². The fourth-order valence-corrected chi connectivity index (χ4v) is 1.83. The van der Waals surface area contributed by atoms with Crippen molar-refractivity contribution in [2.45, 2.75) is 26.8 Å². The monoisotopic (exact) mass is 256 g/mol. The summed E-state index contributed by atoms with van der Waals surface area (Å²) in [7, 11) is 0. The van der Waals surface area contributed by atoms with Crippen LogP contribution in [-0.4, -0.2) is 67.0 Å². The Balaban J connectivity index is 2.30. The first-order chi connectivity index (χ1) is 8.54. The van der Waals surface area contributed by atoms with E-state index in [4.69, 9.17) is 0 Å². The van der Waals surface area contributed by atoms with Crippen molar-refractivity contribution < 1.29 is 9.59 Å². The lowest BCUT2D eigenvalue weighted by atomic mass is 10.3. The number of hydrogen-bond acceptors (Lipinski definition) is 3. The summed E-state index contributed by atoms with van der Waals surface area (Å²) < 4.78 is 0. The smallest absolute Gasteiger partial charge is 0.317 e. The topological polar surface area (TPSA) is 64.7 Å². The molecule has 1 fully saturated rings. The summed E-state index contributed by atoms with van der Waals surface area (Å²) in [5, 5.41) is 5.88. The summed E-state index contributed by atoms with van der Waals surface area (Å²) >= 11 is 0. The second-order valence-corrected chi connectivity index (χ2v) is 4.74. The Hall–Kier alpha value is -1.30. The maximum Gasteiger partial charge on any atom is 0.317 e. The van der Waals surface area contributed by atoms with Crippen LogP contribution in [0, 0.1) is 0 Å². The number of nitrogens with zero attached hydrogens (tertiary/aromatic N) is 2. The molecule has 3 amide bonds. The van der Waals surface area contributed by atoms with Crippen LogP contribution in [0.4, 0.5) is 4.79 Å². The van der Waals surface area contributed by atoms with Crippen LogP contribution in [-0.2, 0) is 4.79 Å². The molecule has 0 radical (unpaired) electrons. The third kappa shape index (κ3) is 4.52. The average molecular weight is 256 g/mol. The fourth-order valence-electron chi connectivity index (χ4n) is 1.83. The molecular formula is C12H24N4O2. The number of rotatable bonds is 4. The summed E-state index contributed by atoms with van der Waals surface area (Å²) in [6, 6.07) is 0.274. The molecule has 0 aromatic carbocycles. The third-order valence-electron chi connectivity index (χ3n) is 2.91. The Bertz CT molecular complexity index is 286. The molecule has 0 bridgehead atoms. The number of hydrogen-bond donors (Lipinski definition) is 2. The number of urea groups is 1. The summed E-state index contributed by atoms with van der Waals surface area (Å²) in [6.07, 6.45) is 0. The van der Waals surface area contributed by atoms with Gasteiger partial charge in [0.15, 0.2) is 0 Å². The van der Waals surface area contributed by atoms with Gasteiger partial charge in [0.1, 0.15) is 0 Å². The summed E-state index contributed by atoms with van der Waals surface area (Å²) in [5.41, 5.74) is 0. The van der Waals surface area contributed by atoms with Gasteiger partial charge in [-0.15, -0.1) is 0 Å². The molecule has 1 rings (SSSR count). The van der Waals surface area contributed by atoms with Crippen molar-refractivity contribution in [3.63, 3.8) is 0 Å². The van der Waals surface area contributed by atoms with E-state index in [2.05, 4.69) is 10.6 Å². The standard InChI is InChI=1S/C12H24N4O2/c1-4-13-12(18)16-7-5-15(6-8-16)11(17)9-14-10(2)3/h10,14H,4-9H2,1-3H3,(H,13,18). The van der Waals surface area contributed by atoms with Crippen molar-refractivity contribution in [1.29, 1.82) is 0 Å². The highest BCUT2D eigenvalue weighted by atomic mass is 16.2. The van der Waals surface area contributed by atoms with Crippen LogP contribution in [0.1, 0.15) is 20.8 Å². The van der Waals surface area contributed by atoms with E-state index in [1.807, 2.05) is 25.7 Å². The zero-order chi connectivity index (χ0) is 13.5. The summed E-state index contributed by atoms with van der Waals surface area (Å²) in [5.74, 6) is 0.110. The van der Waals surface area contributed by atoms with Gasteiger partial charge in [-0.1, -0.05) is 13.8 Å². The van der Waals surface area contributed by atoms with Crippen LogP contribution in [0.3, 0.4) is 0 Å². The van der Waals surface area contributed by atoms with Crippen LogP contribution >= 0.6 is 0 Å². The molecule has 0 atom stereocenters. The van der Waals surface area contributed by atoms with Gasteiger partial charge < -0.3 is 20.4 Å². The molecule has 0 saturated carbocycles. The lowest BCUT2D eigenvalue weighted by Crippen LogP contribution is -2.54. The predicted molar refractivity (Wildman–Crippen MR) is 70.4 cm³/mol. The summed E-state index contributed by atoms with van der Waals surface area (Å²) in [6.45, 7) is 9.40. The Kier molecular flexibility index (Phi) is 5.91. The Morgan fingerprint density at radius 1 is 1.11 bits per heavy atom. The molecule has 0 spiro atoms. The van der Waals surface area contributed by atoms with E-state index in [1.165, 1.54) is 0 Å². The second kappa shape index (κ2) is 7.20. The van der Waals surface area contributed by atoms with Crippen molar-refractivity contribution >= 4 is 11.9 Å². The molecule has 0 unspecified atom stereocenters. The first kappa shape index (κ1) is 14.8. The minimum atomic E-state index is -0.0371. The minimum Gasteiger partial charge on any atom is -0.338 e. The Labute approximate surface area is 109 Å². The lowest BCUT2D eigenvalue weighted by molar-refractivity contribution is -0.131. The first-order valence-electron chi connectivity index (χ1n) is 6.58. The van der Waals surface area contributed by atoms with Gasteiger partial charge >= 0.3 is 6.03 Å². The van der Waals surface area contributed by atoms with Crippen LogP contribution in [0.2, 0.25) is 0 Å². The van der Waals surface area contributed by atoms with Crippen molar-refractivity contribution in [1.82, 2.24) is 20.4 Å². The molecule has 18 heavy (non-hydrogen) atoms. The minimum absolute atomic E-state index is 0.0371. The Morgan fingerprint density at radius 2 is 1.67 bits per heavy atom. The predicted octanol–water partition coefficient (Wildman–Crippen LogP) is -0.142. The van der Waals surface area contributed by atoms with Crippen LogP contribution in [0.25, 0.3) is 0 Å². The van der Waals surface area contributed by atoms with Gasteiger partial charge in [-0.3, -0.25) is 4.79 Å². The molecule has 0 aromatic rings. The average Bonchev–Trinajstić information content (AvgIpc) is 2.36. The molecular weight excluding hydrogens is 232 g/mol. The number of carbonyl (C=O) groups is 2. The molecule has 1 heterocycles. The number of carbonyl (C=O) groups excluding carboxylic acids is 2. The van der Waals surface area contributed by atoms with Crippen LogP contribution in [0.5, 0.6) is 0 Å². The Morgan fingerprint density at radius 3 is 2.17 bits per heavy atom. The normalized spacial score (nSPS) is 16.0. The third-order valence-corrected chi connectivity index (χ3v) is 2.91. The van der Waals surface area contributed by atoms with Crippen LogP contribution in [0.15, 0.2) is 0 Å². The first-order valence-corrected chi connectivity index (χ1v) is 6.58. The maximum atomic E-state index is 11.8. The zero-order valence-corrected chi connectivity index (χ0v) is 11.5. The summed E-state index contributed by atoms with van der Waals surface area (Å²) in [4.78, 5) is 27.0. The molecule has 6 nitrogen and oxygen atoms in total. The van der Waals surface area contributed by atoms with Crippen molar-refractivity contribution in [3.8, 4) is 0 Å². The number of nitrogens with one attached hydrogen (secondary N) is 2. The van der Waals surface area contributed by atoms with Gasteiger partial charge in [0.05, 0.1) is 6.54 Å². The fraction of sp³-hybridized carbons (Fsp3) is 0.833. The highest BCUT2D eigenvalue weighted by Gasteiger charge is 2.23. The molecule has 104 valence electrons. The molecule has 6 heteroatoms. The van der Waals surface area contributed by atoms with Crippen molar-refractivity contribution in [2.24, 2.45) is 0 Å². The highest BCUT2D eigenvalue weighted by Crippen LogP contribution is 2.02. The van der Waals surface area contributed by atoms with E-state index in [0.29, 0.717) is 45.3 Å². The number of amides is 3. The van der Waals surface area contributed by atoms with Crippen molar-refractivity contribution in [2.75, 3.05) is 39.3 Å². The van der Waals surface area contributed by atoms with E-state index in [0.717, 1.165) is 0 Å².